The van der Waals surface area contributed by atoms with E-state index in [1.165, 1.54) is 12.0 Å². The number of methoxy groups -OCH3 is 1. The van der Waals surface area contributed by atoms with Crippen molar-refractivity contribution in [2.75, 3.05) is 40.0 Å². The number of benzene rings is 1. The Labute approximate surface area is 337 Å². The van der Waals surface area contributed by atoms with Gasteiger partial charge in [0.05, 0.1) is 29.3 Å². The average molecular weight is 829 g/mol. The number of hydrogen-bond donors (Lipinski definition) is 3. The number of piperazine rings is 1. The van der Waals surface area contributed by atoms with Gasteiger partial charge in [-0.25, -0.2) is 4.79 Å². The highest BCUT2D eigenvalue weighted by Gasteiger charge is 2.38. The summed E-state index contributed by atoms with van der Waals surface area (Å²) in [5.74, 6) is -3.00. The molecule has 2 heterocycles. The number of pyridine rings is 1. The maximum atomic E-state index is 13.6. The summed E-state index contributed by atoms with van der Waals surface area (Å²) in [6.07, 6.45) is 1.67. The highest BCUT2D eigenvalue weighted by Crippen LogP contribution is 2.27. The fourth-order valence-electron chi connectivity index (χ4n) is 5.36. The molecule has 1 aliphatic heterocycles. The molecule has 0 radical (unpaired) electrons. The van der Waals surface area contributed by atoms with Crippen molar-refractivity contribution in [2.45, 2.75) is 89.0 Å². The zero-order valence-electron chi connectivity index (χ0n) is 32.7. The van der Waals surface area contributed by atoms with Crippen LogP contribution in [0.15, 0.2) is 36.4 Å². The van der Waals surface area contributed by atoms with Gasteiger partial charge in [0.1, 0.15) is 24.3 Å². The van der Waals surface area contributed by atoms with Gasteiger partial charge in [-0.3, -0.25) is 24.2 Å². The molecule has 3 amide bonds. The number of rotatable bonds is 14. The van der Waals surface area contributed by atoms with Crippen LogP contribution in [0.1, 0.15) is 72.7 Å². The van der Waals surface area contributed by atoms with Crippen molar-refractivity contribution in [2.24, 2.45) is 11.3 Å². The average Bonchev–Trinajstić information content (AvgIpc) is 3.09. The molecule has 17 heteroatoms. The van der Waals surface area contributed by atoms with Gasteiger partial charge < -0.3 is 39.8 Å². The molecule has 0 unspecified atom stereocenters. The number of nitrogens with one attached hydrogen (secondary N) is 3. The first-order valence-electron chi connectivity index (χ1n) is 17.8. The molecule has 3 N–H and O–H groups in total. The molecule has 3 rings (SSSR count). The van der Waals surface area contributed by atoms with Gasteiger partial charge in [0.15, 0.2) is 6.10 Å². The number of carbonyl (C=O) groups excluding carboxylic acids is 5. The second kappa shape index (κ2) is 19.4. The lowest BCUT2D eigenvalue weighted by molar-refractivity contribution is -0.165. The van der Waals surface area contributed by atoms with Crippen molar-refractivity contribution in [1.29, 1.82) is 0 Å². The topological polar surface area (TPSA) is 174 Å². The molecule has 0 bridgehead atoms. The van der Waals surface area contributed by atoms with Crippen LogP contribution in [0.3, 0.4) is 0 Å². The molecule has 0 aliphatic carbocycles. The van der Waals surface area contributed by atoms with E-state index in [1.54, 1.807) is 60.6 Å². The Morgan fingerprint density at radius 2 is 1.69 bits per heavy atom. The molecular weight excluding hydrogens is 777 g/mol. The van der Waals surface area contributed by atoms with Gasteiger partial charge in [-0.05, 0) is 65.2 Å². The largest absolute Gasteiger partial charge is 0.460 e. The normalized spacial score (nSPS) is 17.0. The van der Waals surface area contributed by atoms with E-state index in [-0.39, 0.29) is 26.2 Å². The molecule has 1 saturated heterocycles. The molecule has 55 heavy (non-hydrogen) atoms. The summed E-state index contributed by atoms with van der Waals surface area (Å²) >= 11 is 17.1. The number of ether oxygens (including phenoxy) is 4. The minimum absolute atomic E-state index is 0.0599. The van der Waals surface area contributed by atoms with E-state index >= 15 is 0 Å². The van der Waals surface area contributed by atoms with E-state index in [1.807, 2.05) is 37.3 Å². The third-order valence-electron chi connectivity index (χ3n) is 8.33. The Hall–Kier alpha value is -3.69. The van der Waals surface area contributed by atoms with Gasteiger partial charge in [0.2, 0.25) is 9.70 Å². The summed E-state index contributed by atoms with van der Waals surface area (Å²) in [7, 11) is 1.38. The molecule has 1 aromatic heterocycles. The van der Waals surface area contributed by atoms with Gasteiger partial charge in [0.25, 0.3) is 5.91 Å². The van der Waals surface area contributed by atoms with Crippen LogP contribution in [0, 0.1) is 11.3 Å². The van der Waals surface area contributed by atoms with E-state index in [9.17, 15) is 24.0 Å². The van der Waals surface area contributed by atoms with E-state index < -0.39 is 81.4 Å². The number of hydrogen-bond acceptors (Lipinski definition) is 11. The first kappa shape index (κ1) is 45.7. The van der Waals surface area contributed by atoms with Crippen molar-refractivity contribution in [3.8, 4) is 0 Å². The summed E-state index contributed by atoms with van der Waals surface area (Å²) in [5, 5.41) is 9.33. The van der Waals surface area contributed by atoms with Gasteiger partial charge in [-0.1, -0.05) is 79.0 Å². The fourth-order valence-corrected chi connectivity index (χ4v) is 5.53. The SMILES string of the molecule is COC[C@H](NC(=O)[C@@H](OC(=O)C(C)(C)/C=C/c1ccc2ccc([C@@H](C)NC(=O)OC(C)(C)C)nc2c1)C(C)C)C(=O)N1CCN[C@H](C(=O)OCC(Cl)(Cl)Cl)C1. The molecule has 0 saturated carbocycles. The predicted molar refractivity (Wildman–Crippen MR) is 210 cm³/mol. The maximum Gasteiger partial charge on any atom is 0.408 e. The van der Waals surface area contributed by atoms with Crippen LogP contribution in [-0.2, 0) is 38.1 Å². The zero-order chi connectivity index (χ0) is 41.3. The lowest BCUT2D eigenvalue weighted by Gasteiger charge is -2.35. The van der Waals surface area contributed by atoms with Gasteiger partial charge in [0, 0.05) is 32.1 Å². The molecule has 4 atom stereocenters. The number of fused-ring (bicyclic) bond motifs is 1. The minimum Gasteiger partial charge on any atom is -0.460 e. The summed E-state index contributed by atoms with van der Waals surface area (Å²) in [6.45, 7) is 13.8. The summed E-state index contributed by atoms with van der Waals surface area (Å²) in [6, 6.07) is 6.96. The smallest absolute Gasteiger partial charge is 0.408 e. The standard InChI is InChI=1S/C38H52Cl3N5O9/c1-22(2)30(31(47)45-29(20-52-9)32(48)46-17-16-42-28(19-46)33(49)53-21-38(39,40)41)54-34(50)37(7,8)15-14-24-10-11-25-12-13-26(44-27(25)18-24)23(3)43-35(51)55-36(4,5)6/h10-15,18,22-23,28-30,42H,16-17,19-21H2,1-9H3,(H,43,51)(H,45,47)/b15-14+/t23-,28+,29+,30+/m1/s1. The van der Waals surface area contributed by atoms with Crippen molar-refractivity contribution >= 4 is 81.6 Å². The van der Waals surface area contributed by atoms with Crippen molar-refractivity contribution in [1.82, 2.24) is 25.8 Å². The Bertz CT molecular complexity index is 1730. The Morgan fingerprint density at radius 1 is 1.02 bits per heavy atom. The quantitative estimate of drug-likeness (QED) is 0.129. The van der Waals surface area contributed by atoms with E-state index in [0.717, 1.165) is 10.9 Å². The number of alkyl halides is 3. The van der Waals surface area contributed by atoms with E-state index in [2.05, 4.69) is 16.0 Å². The lowest BCUT2D eigenvalue weighted by atomic mass is 9.92. The molecule has 0 spiro atoms. The number of esters is 2. The molecule has 14 nitrogen and oxygen atoms in total. The number of aromatic nitrogens is 1. The summed E-state index contributed by atoms with van der Waals surface area (Å²) in [4.78, 5) is 71.6. The first-order chi connectivity index (χ1) is 25.5. The van der Waals surface area contributed by atoms with Gasteiger partial charge in [-0.2, -0.15) is 0 Å². The molecule has 1 aliphatic rings. The van der Waals surface area contributed by atoms with Crippen LogP contribution in [0.5, 0.6) is 0 Å². The Balaban J connectivity index is 1.68. The van der Waals surface area contributed by atoms with E-state index in [4.69, 9.17) is 58.7 Å². The summed E-state index contributed by atoms with van der Waals surface area (Å²) in [5.41, 5.74) is 0.299. The van der Waals surface area contributed by atoms with Crippen LogP contribution in [0.4, 0.5) is 4.79 Å². The van der Waals surface area contributed by atoms with Gasteiger partial charge >= 0.3 is 18.0 Å². The Morgan fingerprint density at radius 3 is 2.31 bits per heavy atom. The number of halogens is 3. The minimum atomic E-state index is -1.79. The molecule has 304 valence electrons. The molecule has 1 fully saturated rings. The number of nitrogens with zero attached hydrogens (tertiary/aromatic N) is 2. The maximum absolute atomic E-state index is 13.6. The Kier molecular flexibility index (Phi) is 16.2. The van der Waals surface area contributed by atoms with Crippen LogP contribution in [0.2, 0.25) is 0 Å². The zero-order valence-corrected chi connectivity index (χ0v) is 34.9. The third kappa shape index (κ3) is 14.4. The van der Waals surface area contributed by atoms with Gasteiger partial charge in [-0.15, -0.1) is 0 Å². The lowest BCUT2D eigenvalue weighted by Crippen LogP contribution is -2.61. The van der Waals surface area contributed by atoms with Crippen LogP contribution in [-0.4, -0.2) is 107 Å². The van der Waals surface area contributed by atoms with Crippen LogP contribution < -0.4 is 16.0 Å². The first-order valence-corrected chi connectivity index (χ1v) is 19.0. The third-order valence-corrected chi connectivity index (χ3v) is 8.66. The van der Waals surface area contributed by atoms with Crippen molar-refractivity contribution < 1.29 is 42.9 Å². The number of carbonyl (C=O) groups is 5. The number of alkyl carbamates (subject to hydrolysis) is 1. The van der Waals surface area contributed by atoms with Crippen LogP contribution >= 0.6 is 34.8 Å². The van der Waals surface area contributed by atoms with Crippen molar-refractivity contribution in [3.05, 3.63) is 47.7 Å². The monoisotopic (exact) mass is 827 g/mol. The second-order valence-corrected chi connectivity index (χ2v) is 17.7. The fraction of sp³-hybridized carbons (Fsp3) is 0.579. The second-order valence-electron chi connectivity index (χ2n) is 15.2. The molecule has 1 aromatic carbocycles. The van der Waals surface area contributed by atoms with E-state index in [0.29, 0.717) is 11.2 Å². The molecular formula is C38H52Cl3N5O9. The predicted octanol–water partition coefficient (Wildman–Crippen LogP) is 5.27. The highest BCUT2D eigenvalue weighted by atomic mass is 35.6. The summed E-state index contributed by atoms with van der Waals surface area (Å²) < 4.78 is 19.6. The highest BCUT2D eigenvalue weighted by molar-refractivity contribution is 6.67. The number of amides is 3. The van der Waals surface area contributed by atoms with Crippen LogP contribution in [0.25, 0.3) is 17.0 Å². The van der Waals surface area contributed by atoms with Crippen molar-refractivity contribution in [3.63, 3.8) is 0 Å². The molecule has 2 aromatic rings.